The normalized spacial score (nSPS) is 18.6. The maximum absolute atomic E-state index is 12.6. The summed E-state index contributed by atoms with van der Waals surface area (Å²) in [6, 6.07) is 25.1. The van der Waals surface area contributed by atoms with Gasteiger partial charge in [0, 0.05) is 80.9 Å². The molecule has 2 aromatic heterocycles. The van der Waals surface area contributed by atoms with Gasteiger partial charge in [0.15, 0.2) is 9.84 Å². The predicted molar refractivity (Wildman–Crippen MR) is 254 cm³/mol. The molecule has 0 fully saturated rings. The summed E-state index contributed by atoms with van der Waals surface area (Å²) in [5, 5.41) is 19.1. The number of hydrogen-bond donors (Lipinski definition) is 4. The van der Waals surface area contributed by atoms with E-state index in [0.29, 0.717) is 12.1 Å². The first kappa shape index (κ1) is 38.7. The van der Waals surface area contributed by atoms with Crippen LogP contribution in [0.2, 0.25) is 19.6 Å². The molecule has 0 saturated heterocycles. The smallest absolute Gasteiger partial charge is 0.154 e. The number of allylic oxidation sites excluding steroid dienone is 7. The Morgan fingerprint density at radius 1 is 0.787 bits per heavy atom. The molecule has 0 bridgehead atoms. The van der Waals surface area contributed by atoms with Crippen molar-refractivity contribution in [3.63, 3.8) is 0 Å². The fourth-order valence-corrected chi connectivity index (χ4v) is 10.6. The van der Waals surface area contributed by atoms with Gasteiger partial charge in [0.2, 0.25) is 0 Å². The van der Waals surface area contributed by atoms with Crippen molar-refractivity contribution >= 4 is 78.9 Å². The third kappa shape index (κ3) is 7.01. The van der Waals surface area contributed by atoms with Crippen molar-refractivity contribution in [2.75, 3.05) is 30.8 Å². The molecule has 0 aliphatic carbocycles. The molecule has 4 aromatic carbocycles. The van der Waals surface area contributed by atoms with Crippen LogP contribution in [0.15, 0.2) is 170 Å². The van der Waals surface area contributed by atoms with Gasteiger partial charge in [-0.2, -0.15) is 0 Å². The van der Waals surface area contributed by atoms with E-state index in [1.807, 2.05) is 61.1 Å². The molecule has 4 N–H and O–H groups in total. The molecule has 10 rings (SSSR count). The Bertz CT molecular complexity index is 3170. The lowest BCUT2D eigenvalue weighted by atomic mass is 9.95. The van der Waals surface area contributed by atoms with Crippen LogP contribution in [0.1, 0.15) is 24.1 Å². The average molecular weight is 844 g/mol. The van der Waals surface area contributed by atoms with Crippen LogP contribution in [0.5, 0.6) is 0 Å². The minimum atomic E-state index is -3.29. The van der Waals surface area contributed by atoms with Gasteiger partial charge < -0.3 is 35.0 Å². The van der Waals surface area contributed by atoms with Crippen molar-refractivity contribution in [1.29, 1.82) is 0 Å². The molecule has 6 heterocycles. The van der Waals surface area contributed by atoms with Crippen LogP contribution in [0.25, 0.3) is 49.6 Å². The van der Waals surface area contributed by atoms with Gasteiger partial charge in [0.05, 0.1) is 31.6 Å². The van der Waals surface area contributed by atoms with Gasteiger partial charge in [-0.3, -0.25) is 0 Å². The molecule has 61 heavy (non-hydrogen) atoms. The maximum Gasteiger partial charge on any atom is 0.154 e. The molecule has 9 nitrogen and oxygen atoms in total. The van der Waals surface area contributed by atoms with E-state index in [9.17, 15) is 8.42 Å². The zero-order valence-corrected chi connectivity index (χ0v) is 36.8. The number of anilines is 2. The molecule has 308 valence electrons. The Balaban J connectivity index is 1.25. The minimum absolute atomic E-state index is 0.298. The zero-order valence-electron chi connectivity index (χ0n) is 35.0. The van der Waals surface area contributed by atoms with Gasteiger partial charge in [-0.15, -0.1) is 0 Å². The molecular formula is C50H49N5O4SSi. The summed E-state index contributed by atoms with van der Waals surface area (Å²) >= 11 is 0. The summed E-state index contributed by atoms with van der Waals surface area (Å²) in [5.74, 6) is 0. The lowest BCUT2D eigenvalue weighted by Crippen LogP contribution is -2.33. The van der Waals surface area contributed by atoms with Crippen molar-refractivity contribution in [3.05, 3.63) is 173 Å². The van der Waals surface area contributed by atoms with Crippen molar-refractivity contribution in [2.24, 2.45) is 0 Å². The molecule has 2 unspecified atom stereocenters. The fraction of sp³-hybridized carbons (Fsp3) is 0.200. The van der Waals surface area contributed by atoms with E-state index in [1.54, 1.807) is 6.92 Å². The van der Waals surface area contributed by atoms with Crippen LogP contribution < -0.4 is 26.2 Å². The summed E-state index contributed by atoms with van der Waals surface area (Å²) < 4.78 is 38.5. The topological polar surface area (TPSA) is 112 Å². The zero-order chi connectivity index (χ0) is 42.0. The highest BCUT2D eigenvalue weighted by Crippen LogP contribution is 2.45. The summed E-state index contributed by atoms with van der Waals surface area (Å²) in [6.45, 7) is 11.0. The molecule has 4 aliphatic rings. The third-order valence-electron chi connectivity index (χ3n) is 12.4. The monoisotopic (exact) mass is 843 g/mol. The largest absolute Gasteiger partial charge is 0.456 e. The molecule has 0 spiro atoms. The fourth-order valence-electron chi connectivity index (χ4n) is 8.79. The Labute approximate surface area is 357 Å². The Morgan fingerprint density at radius 2 is 1.48 bits per heavy atom. The van der Waals surface area contributed by atoms with Gasteiger partial charge in [0.1, 0.15) is 22.3 Å². The number of sulfone groups is 1. The second-order valence-corrected chi connectivity index (χ2v) is 24.8. The van der Waals surface area contributed by atoms with Crippen molar-refractivity contribution < 1.29 is 17.3 Å². The number of benzene rings is 4. The van der Waals surface area contributed by atoms with E-state index in [2.05, 4.69) is 119 Å². The number of nitrogens with one attached hydrogen (secondary N) is 4. The molecule has 6 aromatic rings. The summed E-state index contributed by atoms with van der Waals surface area (Å²) in [6.07, 6.45) is 22.2. The quantitative estimate of drug-likeness (QED) is 0.106. The van der Waals surface area contributed by atoms with Crippen LogP contribution in [0.3, 0.4) is 0 Å². The van der Waals surface area contributed by atoms with Crippen LogP contribution in [-0.2, 0) is 9.84 Å². The van der Waals surface area contributed by atoms with E-state index in [1.165, 1.54) is 11.5 Å². The molecule has 0 saturated carbocycles. The minimum Gasteiger partial charge on any atom is -0.456 e. The van der Waals surface area contributed by atoms with Gasteiger partial charge in [-0.25, -0.2) is 8.42 Å². The van der Waals surface area contributed by atoms with E-state index in [0.717, 1.165) is 102 Å². The van der Waals surface area contributed by atoms with Crippen LogP contribution >= 0.6 is 0 Å². The van der Waals surface area contributed by atoms with E-state index < -0.39 is 23.2 Å². The standard InChI is InChI=1S/C50H49N5O4SSi/c1-31(60(2,56)57)33-14-16-44(53-28-33)42-26-34(24-40-38-10-6-8-12-47(38)58-49(40)42)55(46-30-52-23-20-37(46)32-18-21-51-22-19-32)35-25-41-39-11-7-9-13-48(39)59-50(41)43(27-35)45-17-15-36(29-54-45)61(3,4)5/h6-21,23-28,31,44,51-54H,22,29-30H2,1-5H3. The lowest BCUT2D eigenvalue weighted by molar-refractivity contribution is 0.594. The Kier molecular flexibility index (Phi) is 9.48. The van der Waals surface area contributed by atoms with E-state index in [4.69, 9.17) is 8.83 Å². The first-order valence-electron chi connectivity index (χ1n) is 20.9. The number of nitrogens with zero attached hydrogens (tertiary/aromatic N) is 1. The number of hydrogen-bond acceptors (Lipinski definition) is 9. The number of dihydropyridines is 4. The molecular weight excluding hydrogens is 795 g/mol. The van der Waals surface area contributed by atoms with Gasteiger partial charge >= 0.3 is 0 Å². The number of furan rings is 2. The number of para-hydroxylation sites is 2. The molecule has 4 aliphatic heterocycles. The molecule has 0 radical (unpaired) electrons. The number of fused-ring (bicyclic) bond motifs is 6. The highest BCUT2D eigenvalue weighted by atomic mass is 32.2. The van der Waals surface area contributed by atoms with Crippen LogP contribution in [0, 0.1) is 0 Å². The maximum atomic E-state index is 12.6. The predicted octanol–water partition coefficient (Wildman–Crippen LogP) is 10.3. The second-order valence-electron chi connectivity index (χ2n) is 17.3. The average Bonchev–Trinajstić information content (AvgIpc) is 3.84. The van der Waals surface area contributed by atoms with Crippen molar-refractivity contribution in [2.45, 2.75) is 37.9 Å². The van der Waals surface area contributed by atoms with Crippen molar-refractivity contribution in [1.82, 2.24) is 21.3 Å². The van der Waals surface area contributed by atoms with Gasteiger partial charge in [-0.1, -0.05) is 85.5 Å². The summed E-state index contributed by atoms with van der Waals surface area (Å²) in [7, 11) is -4.81. The van der Waals surface area contributed by atoms with E-state index in [-0.39, 0.29) is 6.04 Å². The number of rotatable bonds is 9. The Morgan fingerprint density at radius 3 is 2.11 bits per heavy atom. The van der Waals surface area contributed by atoms with Gasteiger partial charge in [0.25, 0.3) is 0 Å². The van der Waals surface area contributed by atoms with Gasteiger partial charge in [-0.05, 0) is 85.1 Å². The molecule has 11 heteroatoms. The lowest BCUT2D eigenvalue weighted by Gasteiger charge is -2.33. The SMILES string of the molecule is CC(C1=CNC(c2cc(N(C3=C(C4=CCNC=C4)C=CNC3)c3cc(C4=CC=C([Si](C)(C)C)CN4)c4oc5ccccc5c4c3)cc3c2oc2ccccc23)C=C1)S(C)(=O)=O. The molecule has 0 amide bonds. The second kappa shape index (κ2) is 14.9. The summed E-state index contributed by atoms with van der Waals surface area (Å²) in [4.78, 5) is 2.39. The third-order valence-corrected chi connectivity index (χ3v) is 16.2. The highest BCUT2D eigenvalue weighted by Gasteiger charge is 2.30. The van der Waals surface area contributed by atoms with E-state index >= 15 is 0 Å². The first-order chi connectivity index (χ1) is 29.4. The summed E-state index contributed by atoms with van der Waals surface area (Å²) in [5.41, 5.74) is 12.2. The molecule has 2 atom stereocenters. The Hall–Kier alpha value is -6.43. The first-order valence-corrected chi connectivity index (χ1v) is 26.3. The van der Waals surface area contributed by atoms with Crippen molar-refractivity contribution in [3.8, 4) is 0 Å². The van der Waals surface area contributed by atoms with Crippen LogP contribution in [0.4, 0.5) is 11.4 Å². The van der Waals surface area contributed by atoms with Crippen LogP contribution in [-0.4, -0.2) is 47.6 Å². The highest BCUT2D eigenvalue weighted by molar-refractivity contribution is 7.91.